The van der Waals surface area contributed by atoms with Gasteiger partial charge in [-0.1, -0.05) is 66.9 Å². The molecule has 118 valence electrons. The molecule has 2 rings (SSSR count). The van der Waals surface area contributed by atoms with Gasteiger partial charge in [-0.3, -0.25) is 0 Å². The molecular weight excluding hydrogens is 298 g/mol. The Hall–Kier alpha value is -2.19. The van der Waals surface area contributed by atoms with Crippen LogP contribution in [0.4, 0.5) is 5.69 Å². The summed E-state index contributed by atoms with van der Waals surface area (Å²) < 4.78 is 0. The third-order valence-corrected chi connectivity index (χ3v) is 4.40. The van der Waals surface area contributed by atoms with Gasteiger partial charge in [-0.05, 0) is 47.2 Å². The van der Waals surface area contributed by atoms with Crippen LogP contribution >= 0.6 is 11.8 Å². The molecule has 0 bridgehead atoms. The number of allylic oxidation sites excluding steroid dienone is 2. The first-order valence-electron chi connectivity index (χ1n) is 7.59. The van der Waals surface area contributed by atoms with Crippen LogP contribution in [0, 0.1) is 0 Å². The van der Waals surface area contributed by atoms with Crippen LogP contribution in [0.2, 0.25) is 0 Å². The Labute approximate surface area is 144 Å². The molecule has 0 amide bonds. The summed E-state index contributed by atoms with van der Waals surface area (Å²) in [7, 11) is 4.09. The molecule has 0 unspecified atom stereocenters. The second kappa shape index (κ2) is 8.44. The van der Waals surface area contributed by atoms with E-state index in [0.717, 1.165) is 4.91 Å². The van der Waals surface area contributed by atoms with Crippen LogP contribution < -0.4 is 4.90 Å². The average Bonchev–Trinajstić information content (AvgIpc) is 2.59. The molecule has 0 aliphatic heterocycles. The van der Waals surface area contributed by atoms with Crippen molar-refractivity contribution in [3.8, 4) is 0 Å². The predicted molar refractivity (Wildman–Crippen MR) is 107 cm³/mol. The SMILES string of the molecule is C=C(/C=C/c1ccc(N(C)C)cc1)S/C=C(\C)c1ccccc1. The van der Waals surface area contributed by atoms with Gasteiger partial charge in [-0.25, -0.2) is 0 Å². The van der Waals surface area contributed by atoms with Crippen LogP contribution in [-0.2, 0) is 0 Å². The van der Waals surface area contributed by atoms with E-state index in [4.69, 9.17) is 0 Å². The van der Waals surface area contributed by atoms with Crippen LogP contribution in [-0.4, -0.2) is 14.1 Å². The van der Waals surface area contributed by atoms with Gasteiger partial charge < -0.3 is 4.90 Å². The molecule has 2 aromatic rings. The summed E-state index contributed by atoms with van der Waals surface area (Å²) >= 11 is 1.66. The summed E-state index contributed by atoms with van der Waals surface area (Å²) in [6.07, 6.45) is 4.16. The first-order valence-corrected chi connectivity index (χ1v) is 8.47. The maximum Gasteiger partial charge on any atom is 0.0361 e. The number of thioether (sulfide) groups is 1. The average molecular weight is 321 g/mol. The summed E-state index contributed by atoms with van der Waals surface area (Å²) in [4.78, 5) is 3.12. The Morgan fingerprint density at radius 2 is 1.65 bits per heavy atom. The highest BCUT2D eigenvalue weighted by Crippen LogP contribution is 2.24. The predicted octanol–water partition coefficient (Wildman–Crippen LogP) is 6.07. The Bertz CT molecular complexity index is 694. The molecule has 0 heterocycles. The van der Waals surface area contributed by atoms with E-state index in [-0.39, 0.29) is 0 Å². The number of rotatable bonds is 6. The highest BCUT2D eigenvalue weighted by atomic mass is 32.2. The first-order chi connectivity index (χ1) is 11.1. The molecule has 2 aromatic carbocycles. The normalized spacial score (nSPS) is 11.7. The minimum atomic E-state index is 1.02. The van der Waals surface area contributed by atoms with Crippen molar-refractivity contribution in [3.05, 3.63) is 88.7 Å². The largest absolute Gasteiger partial charge is 0.378 e. The van der Waals surface area contributed by atoms with Crippen LogP contribution in [0.25, 0.3) is 11.6 Å². The van der Waals surface area contributed by atoms with Crippen molar-refractivity contribution >= 4 is 29.1 Å². The number of benzene rings is 2. The van der Waals surface area contributed by atoms with Gasteiger partial charge in [0.2, 0.25) is 0 Å². The summed E-state index contributed by atoms with van der Waals surface area (Å²) in [6.45, 7) is 6.23. The molecular formula is C21H23NS. The smallest absolute Gasteiger partial charge is 0.0361 e. The van der Waals surface area contributed by atoms with Crippen LogP contribution in [0.5, 0.6) is 0 Å². The molecule has 2 heteroatoms. The van der Waals surface area contributed by atoms with E-state index < -0.39 is 0 Å². The van der Waals surface area contributed by atoms with Gasteiger partial charge in [0.25, 0.3) is 0 Å². The van der Waals surface area contributed by atoms with Crippen molar-refractivity contribution in [1.82, 2.24) is 0 Å². The Morgan fingerprint density at radius 1 is 1.00 bits per heavy atom. The van der Waals surface area contributed by atoms with Crippen molar-refractivity contribution in [2.75, 3.05) is 19.0 Å². The summed E-state index contributed by atoms with van der Waals surface area (Å²) in [5.74, 6) is 0. The zero-order valence-electron chi connectivity index (χ0n) is 14.0. The van der Waals surface area contributed by atoms with E-state index in [0.29, 0.717) is 0 Å². The minimum Gasteiger partial charge on any atom is -0.378 e. The van der Waals surface area contributed by atoms with Crippen molar-refractivity contribution in [3.63, 3.8) is 0 Å². The lowest BCUT2D eigenvalue weighted by molar-refractivity contribution is 1.13. The zero-order valence-corrected chi connectivity index (χ0v) is 14.8. The van der Waals surface area contributed by atoms with Gasteiger partial charge in [0, 0.05) is 24.7 Å². The van der Waals surface area contributed by atoms with E-state index in [2.05, 4.69) is 84.5 Å². The highest BCUT2D eigenvalue weighted by molar-refractivity contribution is 8.06. The Balaban J connectivity index is 1.94. The maximum atomic E-state index is 4.10. The quantitative estimate of drug-likeness (QED) is 0.594. The summed E-state index contributed by atoms with van der Waals surface area (Å²) in [6, 6.07) is 18.9. The summed E-state index contributed by atoms with van der Waals surface area (Å²) in [5, 5.41) is 2.15. The first kappa shape index (κ1) is 17.2. The van der Waals surface area contributed by atoms with E-state index in [1.54, 1.807) is 11.8 Å². The standard InChI is InChI=1S/C21H23NS/c1-17(20-8-6-5-7-9-20)16-23-18(2)10-11-19-12-14-21(15-13-19)22(3)4/h5-16H,2H2,1,3-4H3/b11-10+,17-16+. The molecule has 0 aromatic heterocycles. The monoisotopic (exact) mass is 321 g/mol. The molecule has 0 saturated heterocycles. The minimum absolute atomic E-state index is 1.02. The van der Waals surface area contributed by atoms with Crippen molar-refractivity contribution in [1.29, 1.82) is 0 Å². The molecule has 0 radical (unpaired) electrons. The maximum absolute atomic E-state index is 4.10. The lowest BCUT2D eigenvalue weighted by Crippen LogP contribution is -2.07. The highest BCUT2D eigenvalue weighted by Gasteiger charge is 1.96. The molecule has 23 heavy (non-hydrogen) atoms. The lowest BCUT2D eigenvalue weighted by atomic mass is 10.1. The lowest BCUT2D eigenvalue weighted by Gasteiger charge is -2.11. The van der Waals surface area contributed by atoms with Crippen molar-refractivity contribution < 1.29 is 0 Å². The Morgan fingerprint density at radius 3 is 2.26 bits per heavy atom. The van der Waals surface area contributed by atoms with Gasteiger partial charge in [0.05, 0.1) is 0 Å². The molecule has 0 aliphatic rings. The van der Waals surface area contributed by atoms with E-state index in [9.17, 15) is 0 Å². The van der Waals surface area contributed by atoms with E-state index >= 15 is 0 Å². The van der Waals surface area contributed by atoms with Gasteiger partial charge in [-0.2, -0.15) is 0 Å². The fourth-order valence-corrected chi connectivity index (χ4v) is 2.66. The number of hydrogen-bond acceptors (Lipinski definition) is 2. The van der Waals surface area contributed by atoms with Gasteiger partial charge in [0.15, 0.2) is 0 Å². The van der Waals surface area contributed by atoms with Crippen LogP contribution in [0.1, 0.15) is 18.1 Å². The molecule has 0 atom stereocenters. The molecule has 0 saturated carbocycles. The van der Waals surface area contributed by atoms with Crippen LogP contribution in [0.3, 0.4) is 0 Å². The summed E-state index contributed by atoms with van der Waals surface area (Å²) in [5.41, 5.74) is 4.88. The fraction of sp³-hybridized carbons (Fsp3) is 0.143. The van der Waals surface area contributed by atoms with Gasteiger partial charge in [0.1, 0.15) is 0 Å². The zero-order chi connectivity index (χ0) is 16.7. The fourth-order valence-electron chi connectivity index (χ4n) is 2.05. The third kappa shape index (κ3) is 5.50. The number of nitrogens with zero attached hydrogens (tertiary/aromatic N) is 1. The molecule has 0 spiro atoms. The Kier molecular flexibility index (Phi) is 6.30. The topological polar surface area (TPSA) is 3.24 Å². The van der Waals surface area contributed by atoms with Crippen molar-refractivity contribution in [2.45, 2.75) is 6.92 Å². The molecule has 0 fully saturated rings. The van der Waals surface area contributed by atoms with Crippen LogP contribution in [0.15, 0.2) is 77.6 Å². The molecule has 1 nitrogen and oxygen atoms in total. The number of hydrogen-bond donors (Lipinski definition) is 0. The second-order valence-electron chi connectivity index (χ2n) is 5.57. The third-order valence-electron chi connectivity index (χ3n) is 3.49. The number of anilines is 1. The molecule has 0 aliphatic carbocycles. The molecule has 0 N–H and O–H groups in total. The van der Waals surface area contributed by atoms with Gasteiger partial charge >= 0.3 is 0 Å². The van der Waals surface area contributed by atoms with Crippen molar-refractivity contribution in [2.24, 2.45) is 0 Å². The van der Waals surface area contributed by atoms with E-state index in [1.807, 2.05) is 20.2 Å². The second-order valence-corrected chi connectivity index (χ2v) is 6.57. The van der Waals surface area contributed by atoms with Gasteiger partial charge in [-0.15, -0.1) is 0 Å². The van der Waals surface area contributed by atoms with E-state index in [1.165, 1.54) is 22.4 Å².